The number of carbonyl (C=O) groups is 1. The highest BCUT2D eigenvalue weighted by molar-refractivity contribution is 7.99. The Hall–Kier alpha value is -1.96. The molecule has 0 saturated carbocycles. The normalized spacial score (nSPS) is 10.7. The number of halogens is 2. The van der Waals surface area contributed by atoms with Gasteiger partial charge >= 0.3 is 5.97 Å². The fraction of sp³-hybridized carbons (Fsp3) is 0.250. The van der Waals surface area contributed by atoms with Gasteiger partial charge in [-0.2, -0.15) is 0 Å². The minimum Gasteiger partial charge on any atom is -0.481 e. The second-order valence-electron chi connectivity index (χ2n) is 4.02. The molecule has 1 aromatic carbocycles. The summed E-state index contributed by atoms with van der Waals surface area (Å²) in [5, 5.41) is 16.6. The van der Waals surface area contributed by atoms with E-state index in [1.165, 1.54) is 18.5 Å². The van der Waals surface area contributed by atoms with Gasteiger partial charge < -0.3 is 9.67 Å². The number of hydrogen-bond donors (Lipinski definition) is 1. The molecule has 5 nitrogen and oxygen atoms in total. The van der Waals surface area contributed by atoms with Crippen LogP contribution in [0.3, 0.4) is 0 Å². The SMILES string of the molecule is O=C(O)CSc1nncn1CCc1cc(F)cc(F)c1. The van der Waals surface area contributed by atoms with E-state index in [9.17, 15) is 13.6 Å². The van der Waals surface area contributed by atoms with E-state index in [2.05, 4.69) is 10.2 Å². The molecule has 1 N–H and O–H groups in total. The van der Waals surface area contributed by atoms with Gasteiger partial charge in [-0.1, -0.05) is 11.8 Å². The van der Waals surface area contributed by atoms with Crippen LogP contribution < -0.4 is 0 Å². The van der Waals surface area contributed by atoms with E-state index < -0.39 is 17.6 Å². The molecule has 0 aliphatic carbocycles. The molecular formula is C12H11F2N3O2S. The summed E-state index contributed by atoms with van der Waals surface area (Å²) < 4.78 is 27.7. The van der Waals surface area contributed by atoms with Crippen molar-refractivity contribution in [1.82, 2.24) is 14.8 Å². The molecule has 0 amide bonds. The smallest absolute Gasteiger partial charge is 0.313 e. The molecule has 0 saturated heterocycles. The Labute approximate surface area is 117 Å². The van der Waals surface area contributed by atoms with Gasteiger partial charge in [-0.3, -0.25) is 4.79 Å². The first-order valence-electron chi connectivity index (χ1n) is 5.72. The Balaban J connectivity index is 2.00. The number of rotatable bonds is 6. The zero-order valence-electron chi connectivity index (χ0n) is 10.3. The van der Waals surface area contributed by atoms with E-state index in [0.29, 0.717) is 23.7 Å². The van der Waals surface area contributed by atoms with Gasteiger partial charge in [-0.25, -0.2) is 8.78 Å². The van der Waals surface area contributed by atoms with Crippen LogP contribution in [0.1, 0.15) is 5.56 Å². The van der Waals surface area contributed by atoms with Crippen LogP contribution in [0.25, 0.3) is 0 Å². The van der Waals surface area contributed by atoms with Gasteiger partial charge in [-0.15, -0.1) is 10.2 Å². The molecule has 0 aliphatic rings. The number of aryl methyl sites for hydroxylation is 2. The first kappa shape index (κ1) is 14.4. The lowest BCUT2D eigenvalue weighted by Gasteiger charge is -2.06. The highest BCUT2D eigenvalue weighted by atomic mass is 32.2. The molecule has 1 heterocycles. The number of hydrogen-bond acceptors (Lipinski definition) is 4. The van der Waals surface area contributed by atoms with E-state index >= 15 is 0 Å². The molecule has 20 heavy (non-hydrogen) atoms. The average molecular weight is 299 g/mol. The maximum absolute atomic E-state index is 13.0. The first-order chi connectivity index (χ1) is 9.54. The number of nitrogens with zero attached hydrogens (tertiary/aromatic N) is 3. The Morgan fingerprint density at radius 3 is 2.65 bits per heavy atom. The third-order valence-corrected chi connectivity index (χ3v) is 3.43. The summed E-state index contributed by atoms with van der Waals surface area (Å²) in [5.74, 6) is -2.31. The molecule has 2 rings (SSSR count). The Morgan fingerprint density at radius 2 is 2.00 bits per heavy atom. The zero-order chi connectivity index (χ0) is 14.5. The Kier molecular flexibility index (Phi) is 4.67. The molecule has 0 bridgehead atoms. The summed E-state index contributed by atoms with van der Waals surface area (Å²) in [6.45, 7) is 0.415. The van der Waals surface area contributed by atoms with Crippen LogP contribution in [-0.2, 0) is 17.8 Å². The summed E-state index contributed by atoms with van der Waals surface area (Å²) in [7, 11) is 0. The number of carboxylic acid groups (broad SMARTS) is 1. The predicted molar refractivity (Wildman–Crippen MR) is 68.4 cm³/mol. The number of aliphatic carboxylic acids is 1. The van der Waals surface area contributed by atoms with Crippen molar-refractivity contribution in [2.45, 2.75) is 18.1 Å². The fourth-order valence-corrected chi connectivity index (χ4v) is 2.30. The average Bonchev–Trinajstić information content (AvgIpc) is 2.80. The predicted octanol–water partition coefficient (Wildman–Crippen LogP) is 1.98. The number of carboxylic acids is 1. The van der Waals surface area contributed by atoms with Crippen molar-refractivity contribution in [3.8, 4) is 0 Å². The van der Waals surface area contributed by atoms with Gasteiger partial charge in [0.25, 0.3) is 0 Å². The second-order valence-corrected chi connectivity index (χ2v) is 4.96. The van der Waals surface area contributed by atoms with Crippen LogP contribution in [0.2, 0.25) is 0 Å². The zero-order valence-corrected chi connectivity index (χ0v) is 11.1. The molecule has 0 unspecified atom stereocenters. The van der Waals surface area contributed by atoms with Gasteiger partial charge in [0.05, 0.1) is 5.75 Å². The monoisotopic (exact) mass is 299 g/mol. The summed E-state index contributed by atoms with van der Waals surface area (Å²) in [6.07, 6.45) is 1.85. The molecule has 0 fully saturated rings. The van der Waals surface area contributed by atoms with Gasteiger partial charge in [0.1, 0.15) is 18.0 Å². The highest BCUT2D eigenvalue weighted by Gasteiger charge is 2.08. The lowest BCUT2D eigenvalue weighted by Crippen LogP contribution is -2.05. The number of aromatic nitrogens is 3. The summed E-state index contributed by atoms with van der Waals surface area (Å²) >= 11 is 1.04. The molecular weight excluding hydrogens is 288 g/mol. The Bertz CT molecular complexity index is 598. The van der Waals surface area contributed by atoms with Crippen LogP contribution in [0.15, 0.2) is 29.7 Å². The van der Waals surface area contributed by atoms with E-state index in [4.69, 9.17) is 5.11 Å². The van der Waals surface area contributed by atoms with Gasteiger partial charge in [0.15, 0.2) is 5.16 Å². The summed E-state index contributed by atoms with van der Waals surface area (Å²) in [6, 6.07) is 3.34. The minimum absolute atomic E-state index is 0.118. The molecule has 106 valence electrons. The maximum Gasteiger partial charge on any atom is 0.313 e. The van der Waals surface area contributed by atoms with Crippen molar-refractivity contribution in [2.24, 2.45) is 0 Å². The van der Waals surface area contributed by atoms with Crippen molar-refractivity contribution in [2.75, 3.05) is 5.75 Å². The minimum atomic E-state index is -0.947. The maximum atomic E-state index is 13.0. The van der Waals surface area contributed by atoms with Crippen LogP contribution >= 0.6 is 11.8 Å². The molecule has 0 atom stereocenters. The van der Waals surface area contributed by atoms with Gasteiger partial charge in [0, 0.05) is 12.6 Å². The van der Waals surface area contributed by atoms with Crippen LogP contribution in [-0.4, -0.2) is 31.6 Å². The first-order valence-corrected chi connectivity index (χ1v) is 6.70. The van der Waals surface area contributed by atoms with Crippen molar-refractivity contribution < 1.29 is 18.7 Å². The van der Waals surface area contributed by atoms with Crippen molar-refractivity contribution >= 4 is 17.7 Å². The Morgan fingerprint density at radius 1 is 1.30 bits per heavy atom. The number of benzene rings is 1. The highest BCUT2D eigenvalue weighted by Crippen LogP contribution is 2.15. The third kappa shape index (κ3) is 4.02. The van der Waals surface area contributed by atoms with Gasteiger partial charge in [-0.05, 0) is 24.1 Å². The molecule has 0 aliphatic heterocycles. The van der Waals surface area contributed by atoms with Gasteiger partial charge in [0.2, 0.25) is 0 Å². The van der Waals surface area contributed by atoms with Crippen LogP contribution in [0.4, 0.5) is 8.78 Å². The third-order valence-electron chi connectivity index (χ3n) is 2.47. The standard InChI is InChI=1S/C12H11F2N3O2S/c13-9-3-8(4-10(14)5-9)1-2-17-7-15-16-12(17)20-6-11(18)19/h3-5,7H,1-2,6H2,(H,18,19). The van der Waals surface area contributed by atoms with Crippen LogP contribution in [0.5, 0.6) is 0 Å². The van der Waals surface area contributed by atoms with Crippen molar-refractivity contribution in [1.29, 1.82) is 0 Å². The lowest BCUT2D eigenvalue weighted by molar-refractivity contribution is -0.133. The fourth-order valence-electron chi connectivity index (χ4n) is 1.64. The molecule has 8 heteroatoms. The summed E-state index contributed by atoms with van der Waals surface area (Å²) in [4.78, 5) is 10.5. The van der Waals surface area contributed by atoms with E-state index in [1.54, 1.807) is 4.57 Å². The van der Waals surface area contributed by atoms with E-state index in [1.807, 2.05) is 0 Å². The van der Waals surface area contributed by atoms with Crippen LogP contribution in [0, 0.1) is 11.6 Å². The largest absolute Gasteiger partial charge is 0.481 e. The van der Waals surface area contributed by atoms with Crippen molar-refractivity contribution in [3.05, 3.63) is 41.7 Å². The van der Waals surface area contributed by atoms with E-state index in [0.717, 1.165) is 17.8 Å². The quantitative estimate of drug-likeness (QED) is 0.826. The second kappa shape index (κ2) is 6.47. The molecule has 0 radical (unpaired) electrons. The summed E-state index contributed by atoms with van der Waals surface area (Å²) in [5.41, 5.74) is 0.519. The topological polar surface area (TPSA) is 68.0 Å². The lowest BCUT2D eigenvalue weighted by atomic mass is 10.1. The molecule has 0 spiro atoms. The number of thioether (sulfide) groups is 1. The molecule has 1 aromatic heterocycles. The van der Waals surface area contributed by atoms with E-state index in [-0.39, 0.29) is 5.75 Å². The molecule has 2 aromatic rings. The van der Waals surface area contributed by atoms with Crippen molar-refractivity contribution in [3.63, 3.8) is 0 Å².